The molecule has 0 aliphatic carbocycles. The minimum absolute atomic E-state index is 0. The zero-order chi connectivity index (χ0) is 18.1. The number of nitrogens with zero attached hydrogens (tertiary/aromatic N) is 3. The van der Waals surface area contributed by atoms with E-state index in [-0.39, 0.29) is 24.0 Å². The molecular weight excluding hydrogens is 441 g/mol. The van der Waals surface area contributed by atoms with Crippen LogP contribution in [0.2, 0.25) is 0 Å². The SMILES string of the molecule is CCNC(=NCc1ccc(OC)cc1)NCCCn1nc(C)cc1C.I. The molecular formula is C19H30IN5O. The summed E-state index contributed by atoms with van der Waals surface area (Å²) in [6.07, 6.45) is 0.995. The van der Waals surface area contributed by atoms with Crippen LogP contribution in [0.1, 0.15) is 30.3 Å². The second-order valence-electron chi connectivity index (χ2n) is 5.97. The van der Waals surface area contributed by atoms with Crippen LogP contribution >= 0.6 is 24.0 Å². The Labute approximate surface area is 173 Å². The van der Waals surface area contributed by atoms with Gasteiger partial charge in [-0.15, -0.1) is 24.0 Å². The Hall–Kier alpha value is -1.77. The van der Waals surface area contributed by atoms with Crippen molar-refractivity contribution in [2.75, 3.05) is 20.2 Å². The van der Waals surface area contributed by atoms with Crippen molar-refractivity contribution in [3.05, 3.63) is 47.3 Å². The third kappa shape index (κ3) is 7.23. The number of benzene rings is 1. The van der Waals surface area contributed by atoms with Crippen molar-refractivity contribution in [3.63, 3.8) is 0 Å². The van der Waals surface area contributed by atoms with E-state index in [9.17, 15) is 0 Å². The van der Waals surface area contributed by atoms with Crippen molar-refractivity contribution in [2.45, 2.75) is 40.3 Å². The summed E-state index contributed by atoms with van der Waals surface area (Å²) in [6, 6.07) is 10.1. The van der Waals surface area contributed by atoms with E-state index in [4.69, 9.17) is 4.74 Å². The van der Waals surface area contributed by atoms with Crippen LogP contribution in [0.4, 0.5) is 0 Å². The van der Waals surface area contributed by atoms with Gasteiger partial charge in [-0.3, -0.25) is 4.68 Å². The average molecular weight is 471 g/mol. The number of guanidine groups is 1. The fourth-order valence-electron chi connectivity index (χ4n) is 2.58. The molecule has 0 fully saturated rings. The van der Waals surface area contributed by atoms with Crippen molar-refractivity contribution in [2.24, 2.45) is 4.99 Å². The van der Waals surface area contributed by atoms with Gasteiger partial charge >= 0.3 is 0 Å². The lowest BCUT2D eigenvalue weighted by Gasteiger charge is -2.12. The first-order valence-electron chi connectivity index (χ1n) is 8.78. The standard InChI is InChI=1S/C19H29N5O.HI/c1-5-20-19(22-14-17-7-9-18(25-4)10-8-17)21-11-6-12-24-16(3)13-15(2)23-24;/h7-10,13H,5-6,11-12,14H2,1-4H3,(H2,20,21,22);1H. The van der Waals surface area contributed by atoms with Gasteiger partial charge in [0.25, 0.3) is 0 Å². The van der Waals surface area contributed by atoms with E-state index >= 15 is 0 Å². The summed E-state index contributed by atoms with van der Waals surface area (Å²) in [4.78, 5) is 4.64. The molecule has 0 amide bonds. The van der Waals surface area contributed by atoms with Crippen LogP contribution in [0, 0.1) is 13.8 Å². The average Bonchev–Trinajstić information content (AvgIpc) is 2.94. The lowest BCUT2D eigenvalue weighted by atomic mass is 10.2. The number of hydrogen-bond donors (Lipinski definition) is 2. The summed E-state index contributed by atoms with van der Waals surface area (Å²) < 4.78 is 7.23. The van der Waals surface area contributed by atoms with E-state index in [0.29, 0.717) is 6.54 Å². The molecule has 144 valence electrons. The van der Waals surface area contributed by atoms with Gasteiger partial charge in [0, 0.05) is 25.3 Å². The number of rotatable bonds is 8. The van der Waals surface area contributed by atoms with Crippen molar-refractivity contribution in [1.82, 2.24) is 20.4 Å². The topological polar surface area (TPSA) is 63.5 Å². The second kappa shape index (κ2) is 11.8. The number of nitrogens with one attached hydrogen (secondary N) is 2. The van der Waals surface area contributed by atoms with E-state index in [2.05, 4.69) is 45.3 Å². The van der Waals surface area contributed by atoms with Crippen molar-refractivity contribution in [1.29, 1.82) is 0 Å². The zero-order valence-electron chi connectivity index (χ0n) is 16.1. The van der Waals surface area contributed by atoms with Crippen LogP contribution in [0.3, 0.4) is 0 Å². The van der Waals surface area contributed by atoms with Gasteiger partial charge in [-0.25, -0.2) is 4.99 Å². The molecule has 2 rings (SSSR count). The second-order valence-corrected chi connectivity index (χ2v) is 5.97. The highest BCUT2D eigenvalue weighted by atomic mass is 127. The summed E-state index contributed by atoms with van der Waals surface area (Å²) in [5.41, 5.74) is 3.43. The molecule has 1 aromatic heterocycles. The molecule has 0 spiro atoms. The minimum Gasteiger partial charge on any atom is -0.497 e. The number of methoxy groups -OCH3 is 1. The molecule has 0 unspecified atom stereocenters. The van der Waals surface area contributed by atoms with Gasteiger partial charge in [0.05, 0.1) is 19.3 Å². The molecule has 7 heteroatoms. The molecule has 0 bridgehead atoms. The van der Waals surface area contributed by atoms with Crippen molar-refractivity contribution >= 4 is 29.9 Å². The Bertz CT molecular complexity index is 682. The molecule has 0 aliphatic heterocycles. The first kappa shape index (κ1) is 22.3. The van der Waals surface area contributed by atoms with Gasteiger partial charge in [-0.05, 0) is 51.0 Å². The predicted molar refractivity (Wildman–Crippen MR) is 118 cm³/mol. The normalized spacial score (nSPS) is 11.0. The van der Waals surface area contributed by atoms with Crippen molar-refractivity contribution < 1.29 is 4.74 Å². The van der Waals surface area contributed by atoms with Gasteiger partial charge in [0.1, 0.15) is 5.75 Å². The van der Waals surface area contributed by atoms with Gasteiger partial charge in [-0.1, -0.05) is 12.1 Å². The Morgan fingerprint density at radius 2 is 1.92 bits per heavy atom. The van der Waals surface area contributed by atoms with E-state index in [1.165, 1.54) is 5.69 Å². The van der Waals surface area contributed by atoms with Crippen LogP contribution in [-0.4, -0.2) is 35.9 Å². The first-order valence-corrected chi connectivity index (χ1v) is 8.78. The lowest BCUT2D eigenvalue weighted by Crippen LogP contribution is -2.38. The Morgan fingerprint density at radius 1 is 1.19 bits per heavy atom. The van der Waals surface area contributed by atoms with Crippen LogP contribution in [0.25, 0.3) is 0 Å². The molecule has 6 nitrogen and oxygen atoms in total. The van der Waals surface area contributed by atoms with E-state index < -0.39 is 0 Å². The Morgan fingerprint density at radius 3 is 2.50 bits per heavy atom. The molecule has 0 aliphatic rings. The van der Waals surface area contributed by atoms with Crippen LogP contribution in [0.15, 0.2) is 35.3 Å². The minimum atomic E-state index is 0. The van der Waals surface area contributed by atoms with E-state index in [1.807, 2.05) is 31.2 Å². The summed E-state index contributed by atoms with van der Waals surface area (Å²) in [5.74, 6) is 1.70. The summed E-state index contributed by atoms with van der Waals surface area (Å²) in [6.45, 7) is 9.42. The number of ether oxygens (including phenoxy) is 1. The molecule has 0 saturated carbocycles. The summed E-state index contributed by atoms with van der Waals surface area (Å²) >= 11 is 0. The van der Waals surface area contributed by atoms with Gasteiger partial charge in [-0.2, -0.15) is 5.10 Å². The fraction of sp³-hybridized carbons (Fsp3) is 0.474. The molecule has 2 aromatic rings. The first-order chi connectivity index (χ1) is 12.1. The third-order valence-corrected chi connectivity index (χ3v) is 3.87. The number of hydrogen-bond acceptors (Lipinski definition) is 3. The smallest absolute Gasteiger partial charge is 0.191 e. The Kier molecular flexibility index (Phi) is 10.1. The van der Waals surface area contributed by atoms with Crippen LogP contribution in [0.5, 0.6) is 5.75 Å². The Balaban J connectivity index is 0.00000338. The maximum Gasteiger partial charge on any atom is 0.191 e. The number of halogens is 1. The van der Waals surface area contributed by atoms with Gasteiger partial charge < -0.3 is 15.4 Å². The predicted octanol–water partition coefficient (Wildman–Crippen LogP) is 3.27. The van der Waals surface area contributed by atoms with E-state index in [1.54, 1.807) is 7.11 Å². The van der Waals surface area contributed by atoms with Crippen molar-refractivity contribution in [3.8, 4) is 5.75 Å². The molecule has 26 heavy (non-hydrogen) atoms. The fourth-order valence-corrected chi connectivity index (χ4v) is 2.58. The van der Waals surface area contributed by atoms with E-state index in [0.717, 1.165) is 49.0 Å². The highest BCUT2D eigenvalue weighted by molar-refractivity contribution is 14.0. The van der Waals surface area contributed by atoms with Crippen LogP contribution < -0.4 is 15.4 Å². The molecule has 2 N–H and O–H groups in total. The molecule has 0 atom stereocenters. The van der Waals surface area contributed by atoms with Gasteiger partial charge in [0.15, 0.2) is 5.96 Å². The maximum absolute atomic E-state index is 5.18. The number of aliphatic imine (C=N–C) groups is 1. The number of aromatic nitrogens is 2. The molecule has 1 aromatic carbocycles. The lowest BCUT2D eigenvalue weighted by molar-refractivity contribution is 0.414. The zero-order valence-corrected chi connectivity index (χ0v) is 18.4. The monoisotopic (exact) mass is 471 g/mol. The molecule has 1 heterocycles. The largest absolute Gasteiger partial charge is 0.497 e. The summed E-state index contributed by atoms with van der Waals surface area (Å²) in [5, 5.41) is 11.2. The molecule has 0 saturated heterocycles. The van der Waals surface area contributed by atoms with Crippen LogP contribution in [-0.2, 0) is 13.1 Å². The highest BCUT2D eigenvalue weighted by Gasteiger charge is 2.01. The number of aryl methyl sites for hydroxylation is 3. The summed E-state index contributed by atoms with van der Waals surface area (Å²) in [7, 11) is 1.67. The maximum atomic E-state index is 5.18. The third-order valence-electron chi connectivity index (χ3n) is 3.87. The van der Waals surface area contributed by atoms with Gasteiger partial charge in [0.2, 0.25) is 0 Å². The quantitative estimate of drug-likeness (QED) is 0.269. The molecule has 0 radical (unpaired) electrons. The highest BCUT2D eigenvalue weighted by Crippen LogP contribution is 2.11.